The smallest absolute Gasteiger partial charge is 0.203 e. The fourth-order valence-electron chi connectivity index (χ4n) is 1.15. The fourth-order valence-corrected chi connectivity index (χ4v) is 1.15. The van der Waals surface area contributed by atoms with E-state index >= 15 is 0 Å². The highest BCUT2D eigenvalue weighted by molar-refractivity contribution is 5.32. The lowest BCUT2D eigenvalue weighted by Gasteiger charge is -2.21. The second-order valence-electron chi connectivity index (χ2n) is 4.53. The first-order valence-corrected chi connectivity index (χ1v) is 4.85. The molecule has 99 valence electrons. The van der Waals surface area contributed by atoms with Gasteiger partial charge in [0.15, 0.2) is 23.3 Å². The summed E-state index contributed by atoms with van der Waals surface area (Å²) in [6, 6.07) is 0. The van der Waals surface area contributed by atoms with E-state index in [1.165, 1.54) is 20.8 Å². The SMILES string of the molecule is CC(C)(C)[N][C]([O])c1c(F)c(F)c(F)c(F)c1F. The van der Waals surface area contributed by atoms with E-state index in [1.807, 2.05) is 0 Å². The van der Waals surface area contributed by atoms with E-state index < -0.39 is 46.4 Å². The van der Waals surface area contributed by atoms with Gasteiger partial charge in [0.2, 0.25) is 5.82 Å². The molecule has 3 radical (unpaired) electrons. The maximum Gasteiger partial charge on any atom is 0.253 e. The second kappa shape index (κ2) is 4.81. The van der Waals surface area contributed by atoms with Crippen molar-refractivity contribution in [1.29, 1.82) is 0 Å². The Morgan fingerprint density at radius 2 is 1.17 bits per heavy atom. The van der Waals surface area contributed by atoms with Crippen molar-refractivity contribution in [2.75, 3.05) is 0 Å². The predicted octanol–water partition coefficient (Wildman–Crippen LogP) is 3.05. The number of benzene rings is 1. The van der Waals surface area contributed by atoms with Crippen LogP contribution >= 0.6 is 0 Å². The third-order valence-corrected chi connectivity index (χ3v) is 1.86. The summed E-state index contributed by atoms with van der Waals surface area (Å²) in [5.41, 5.74) is -2.54. The lowest BCUT2D eigenvalue weighted by molar-refractivity contribution is 0.153. The Hall–Kier alpha value is -1.21. The van der Waals surface area contributed by atoms with Crippen LogP contribution in [0.1, 0.15) is 26.3 Å². The lowest BCUT2D eigenvalue weighted by atomic mass is 10.1. The summed E-state index contributed by atoms with van der Waals surface area (Å²) in [7, 11) is 0. The van der Waals surface area contributed by atoms with Gasteiger partial charge in [-0.15, -0.1) is 0 Å². The van der Waals surface area contributed by atoms with E-state index in [0.29, 0.717) is 0 Å². The summed E-state index contributed by atoms with van der Waals surface area (Å²) < 4.78 is 64.9. The molecule has 0 aromatic heterocycles. The summed E-state index contributed by atoms with van der Waals surface area (Å²) in [5.74, 6) is -11.0. The summed E-state index contributed by atoms with van der Waals surface area (Å²) >= 11 is 0. The molecule has 1 rings (SSSR count). The molecular formula is C11H9F5NO. The van der Waals surface area contributed by atoms with Crippen LogP contribution in [0.5, 0.6) is 0 Å². The van der Waals surface area contributed by atoms with E-state index in [1.54, 1.807) is 0 Å². The van der Waals surface area contributed by atoms with Crippen LogP contribution in [0.15, 0.2) is 0 Å². The van der Waals surface area contributed by atoms with Crippen LogP contribution in [-0.2, 0) is 5.11 Å². The van der Waals surface area contributed by atoms with Crippen molar-refractivity contribution in [3.05, 3.63) is 40.9 Å². The van der Waals surface area contributed by atoms with Crippen LogP contribution < -0.4 is 5.32 Å². The molecule has 0 atom stereocenters. The van der Waals surface area contributed by atoms with Crippen molar-refractivity contribution in [3.8, 4) is 0 Å². The van der Waals surface area contributed by atoms with Crippen LogP contribution in [0.3, 0.4) is 0 Å². The molecule has 0 aliphatic carbocycles. The molecule has 0 unspecified atom stereocenters. The molecule has 1 aromatic rings. The van der Waals surface area contributed by atoms with E-state index in [-0.39, 0.29) is 0 Å². The van der Waals surface area contributed by atoms with Crippen LogP contribution in [-0.4, -0.2) is 5.54 Å². The fraction of sp³-hybridized carbons (Fsp3) is 0.364. The standard InChI is InChI=1S/C11H9F5NO/c1-11(2,3)17-10(18)4-5(12)7(14)9(16)8(15)6(4)13/h1-3H3. The molecule has 0 heterocycles. The van der Waals surface area contributed by atoms with Gasteiger partial charge in [-0.1, -0.05) is 0 Å². The van der Waals surface area contributed by atoms with Gasteiger partial charge in [-0.3, -0.25) is 0 Å². The van der Waals surface area contributed by atoms with Crippen molar-refractivity contribution in [2.24, 2.45) is 0 Å². The van der Waals surface area contributed by atoms with E-state index in [9.17, 15) is 27.1 Å². The van der Waals surface area contributed by atoms with Crippen LogP contribution in [0.2, 0.25) is 0 Å². The summed E-state index contributed by atoms with van der Waals surface area (Å²) in [6.07, 6.45) is -1.49. The van der Waals surface area contributed by atoms with E-state index in [4.69, 9.17) is 0 Å². The predicted molar refractivity (Wildman–Crippen MR) is 51.2 cm³/mol. The Morgan fingerprint density at radius 3 is 1.50 bits per heavy atom. The molecule has 7 heteroatoms. The van der Waals surface area contributed by atoms with Crippen molar-refractivity contribution >= 4 is 0 Å². The average Bonchev–Trinajstić information content (AvgIpc) is 2.21. The Balaban J connectivity index is 3.33. The molecule has 0 saturated heterocycles. The maximum atomic E-state index is 13.2. The van der Waals surface area contributed by atoms with Crippen molar-refractivity contribution in [1.82, 2.24) is 5.32 Å². The van der Waals surface area contributed by atoms with E-state index in [2.05, 4.69) is 5.32 Å². The Bertz CT molecular complexity index is 440. The van der Waals surface area contributed by atoms with Gasteiger partial charge < -0.3 is 0 Å². The Kier molecular flexibility index (Phi) is 3.97. The van der Waals surface area contributed by atoms with Gasteiger partial charge in [0.25, 0.3) is 6.23 Å². The van der Waals surface area contributed by atoms with Gasteiger partial charge in [-0.2, -0.15) is 10.4 Å². The highest BCUT2D eigenvalue weighted by Crippen LogP contribution is 2.28. The molecule has 0 spiro atoms. The van der Waals surface area contributed by atoms with Gasteiger partial charge in [-0.25, -0.2) is 22.0 Å². The molecule has 0 amide bonds. The highest BCUT2D eigenvalue weighted by atomic mass is 19.2. The first-order valence-electron chi connectivity index (χ1n) is 4.85. The summed E-state index contributed by atoms with van der Waals surface area (Å²) in [4.78, 5) is 0. The van der Waals surface area contributed by atoms with Crippen molar-refractivity contribution in [2.45, 2.75) is 26.3 Å². The minimum Gasteiger partial charge on any atom is -0.203 e. The first-order chi connectivity index (χ1) is 8.06. The minimum atomic E-state index is -2.31. The number of halogens is 5. The normalized spacial score (nSPS) is 12.3. The van der Waals surface area contributed by atoms with E-state index in [0.717, 1.165) is 0 Å². The van der Waals surface area contributed by atoms with Crippen molar-refractivity contribution < 1.29 is 27.1 Å². The summed E-state index contributed by atoms with van der Waals surface area (Å²) in [5, 5.41) is 14.8. The second-order valence-corrected chi connectivity index (χ2v) is 4.53. The maximum absolute atomic E-state index is 13.2. The van der Waals surface area contributed by atoms with Gasteiger partial charge in [0.1, 0.15) is 0 Å². The molecule has 0 aliphatic rings. The molecule has 0 fully saturated rings. The van der Waals surface area contributed by atoms with Crippen LogP contribution in [0.25, 0.3) is 0 Å². The molecule has 18 heavy (non-hydrogen) atoms. The monoisotopic (exact) mass is 266 g/mol. The summed E-state index contributed by atoms with van der Waals surface area (Å²) in [6.45, 7) is 4.32. The lowest BCUT2D eigenvalue weighted by Crippen LogP contribution is -2.33. The van der Waals surface area contributed by atoms with Crippen molar-refractivity contribution in [3.63, 3.8) is 0 Å². The number of nitrogens with zero attached hydrogens (tertiary/aromatic N) is 1. The third kappa shape index (κ3) is 2.78. The average molecular weight is 266 g/mol. The Labute approximate surface area is 100 Å². The largest absolute Gasteiger partial charge is 0.253 e. The molecule has 0 saturated carbocycles. The molecule has 0 bridgehead atoms. The zero-order chi connectivity index (χ0) is 14.2. The zero-order valence-electron chi connectivity index (χ0n) is 9.75. The molecular weight excluding hydrogens is 257 g/mol. The highest BCUT2D eigenvalue weighted by Gasteiger charge is 2.33. The topological polar surface area (TPSA) is 34.0 Å². The Morgan fingerprint density at radius 1 is 0.833 bits per heavy atom. The minimum absolute atomic E-state index is 1.00. The van der Waals surface area contributed by atoms with Gasteiger partial charge in [0.05, 0.1) is 5.56 Å². The molecule has 0 N–H and O–H groups in total. The number of hydrogen-bond acceptors (Lipinski definition) is 0. The van der Waals surface area contributed by atoms with Gasteiger partial charge >= 0.3 is 0 Å². The first kappa shape index (κ1) is 14.8. The number of hydrogen-bond donors (Lipinski definition) is 0. The third-order valence-electron chi connectivity index (χ3n) is 1.86. The molecule has 1 aromatic carbocycles. The quantitative estimate of drug-likeness (QED) is 0.448. The van der Waals surface area contributed by atoms with Gasteiger partial charge in [0, 0.05) is 5.54 Å². The van der Waals surface area contributed by atoms with Crippen LogP contribution in [0.4, 0.5) is 22.0 Å². The van der Waals surface area contributed by atoms with Crippen LogP contribution in [0, 0.1) is 35.3 Å². The zero-order valence-corrected chi connectivity index (χ0v) is 9.75. The molecule has 0 aliphatic heterocycles. The molecule has 2 nitrogen and oxygen atoms in total. The number of rotatable bonds is 2. The van der Waals surface area contributed by atoms with Gasteiger partial charge in [-0.05, 0) is 20.8 Å².